The Morgan fingerprint density at radius 3 is 2.86 bits per heavy atom. The van der Waals surface area contributed by atoms with Crippen LogP contribution >= 0.6 is 0 Å². The van der Waals surface area contributed by atoms with Crippen molar-refractivity contribution in [2.75, 3.05) is 18.2 Å². The number of hydrogen-bond acceptors (Lipinski definition) is 4. The summed E-state index contributed by atoms with van der Waals surface area (Å²) in [6.07, 6.45) is 0. The molecule has 0 aliphatic carbocycles. The molecule has 2 aromatic carbocycles. The lowest BCUT2D eigenvalue weighted by molar-refractivity contribution is 0.174. The third-order valence-electron chi connectivity index (χ3n) is 3.85. The van der Waals surface area contributed by atoms with Crippen molar-refractivity contribution < 1.29 is 13.9 Å². The maximum absolute atomic E-state index is 13.5. The normalized spacial score (nSPS) is 18.5. The van der Waals surface area contributed by atoms with Crippen LogP contribution in [0, 0.1) is 17.1 Å². The molecule has 1 atom stereocenters. The number of anilines is 2. The van der Waals surface area contributed by atoms with Gasteiger partial charge >= 0.3 is 0 Å². The zero-order valence-corrected chi connectivity index (χ0v) is 11.0. The molecule has 0 bridgehead atoms. The van der Waals surface area contributed by atoms with E-state index in [0.29, 0.717) is 18.0 Å². The van der Waals surface area contributed by atoms with E-state index in [1.54, 1.807) is 6.07 Å². The molecular weight excluding hydrogens is 271 g/mol. The van der Waals surface area contributed by atoms with E-state index >= 15 is 0 Å². The fraction of sp³-hybridized carbons (Fsp3) is 0.188. The Balaban J connectivity index is 1.80. The number of benzene rings is 2. The predicted octanol–water partition coefficient (Wildman–Crippen LogP) is 3.31. The molecule has 5 heteroatoms. The van der Waals surface area contributed by atoms with Crippen LogP contribution < -0.4 is 14.4 Å². The van der Waals surface area contributed by atoms with Crippen molar-refractivity contribution >= 4 is 11.4 Å². The van der Waals surface area contributed by atoms with Gasteiger partial charge in [0.15, 0.2) is 11.5 Å². The van der Waals surface area contributed by atoms with Crippen LogP contribution in [-0.4, -0.2) is 13.3 Å². The zero-order valence-electron chi connectivity index (χ0n) is 11.0. The van der Waals surface area contributed by atoms with Gasteiger partial charge in [0.1, 0.15) is 5.82 Å². The number of hydrogen-bond donors (Lipinski definition) is 0. The molecule has 0 amide bonds. The maximum atomic E-state index is 13.5. The molecule has 0 radical (unpaired) electrons. The third kappa shape index (κ3) is 1.80. The first-order valence-electron chi connectivity index (χ1n) is 6.62. The number of halogens is 1. The van der Waals surface area contributed by atoms with Gasteiger partial charge in [-0.15, -0.1) is 0 Å². The minimum absolute atomic E-state index is 0.213. The minimum Gasteiger partial charge on any atom is -0.454 e. The Hall–Kier alpha value is -2.74. The van der Waals surface area contributed by atoms with Crippen molar-refractivity contribution in [3.63, 3.8) is 0 Å². The Kier molecular flexibility index (Phi) is 2.51. The smallest absolute Gasteiger partial charge is 0.231 e. The second kappa shape index (κ2) is 4.38. The lowest BCUT2D eigenvalue weighted by atomic mass is 10.0. The van der Waals surface area contributed by atoms with E-state index in [2.05, 4.69) is 6.07 Å². The van der Waals surface area contributed by atoms with Crippen LogP contribution in [0.1, 0.15) is 11.5 Å². The average molecular weight is 282 g/mol. The molecule has 0 N–H and O–H groups in total. The topological polar surface area (TPSA) is 45.5 Å². The first kappa shape index (κ1) is 12.0. The highest BCUT2D eigenvalue weighted by molar-refractivity contribution is 5.74. The molecule has 21 heavy (non-hydrogen) atoms. The van der Waals surface area contributed by atoms with Crippen LogP contribution in [-0.2, 0) is 0 Å². The van der Waals surface area contributed by atoms with Gasteiger partial charge in [-0.25, -0.2) is 4.39 Å². The molecule has 4 nitrogen and oxygen atoms in total. The molecule has 0 saturated heterocycles. The Morgan fingerprint density at radius 1 is 1.14 bits per heavy atom. The zero-order chi connectivity index (χ0) is 14.4. The number of nitrogens with zero attached hydrogens (tertiary/aromatic N) is 2. The summed E-state index contributed by atoms with van der Waals surface area (Å²) in [5.74, 6) is 0.809. The second-order valence-electron chi connectivity index (χ2n) is 5.03. The van der Waals surface area contributed by atoms with Gasteiger partial charge < -0.3 is 14.4 Å². The summed E-state index contributed by atoms with van der Waals surface area (Å²) in [6.45, 7) is 0.722. The summed E-state index contributed by atoms with van der Waals surface area (Å²) in [5.41, 5.74) is 2.46. The van der Waals surface area contributed by atoms with E-state index in [1.165, 1.54) is 12.1 Å². The van der Waals surface area contributed by atoms with Gasteiger partial charge in [-0.1, -0.05) is 6.07 Å². The summed E-state index contributed by atoms with van der Waals surface area (Å²) in [5, 5.41) is 9.29. The molecule has 0 aromatic heterocycles. The third-order valence-corrected chi connectivity index (χ3v) is 3.85. The lowest BCUT2D eigenvalue weighted by Crippen LogP contribution is -2.15. The van der Waals surface area contributed by atoms with Crippen LogP contribution in [0.2, 0.25) is 0 Å². The SMILES string of the molecule is N#CC1CN(c2ccc3c(c2)OCO3)c2cc(F)ccc21. The van der Waals surface area contributed by atoms with Crippen molar-refractivity contribution in [2.45, 2.75) is 5.92 Å². The molecule has 2 aromatic rings. The van der Waals surface area contributed by atoms with E-state index < -0.39 is 0 Å². The van der Waals surface area contributed by atoms with Gasteiger partial charge in [-0.3, -0.25) is 0 Å². The van der Waals surface area contributed by atoms with Crippen LogP contribution in [0.4, 0.5) is 15.8 Å². The quantitative estimate of drug-likeness (QED) is 0.805. The molecule has 2 heterocycles. The van der Waals surface area contributed by atoms with E-state index in [-0.39, 0.29) is 18.5 Å². The predicted molar refractivity (Wildman–Crippen MR) is 74.3 cm³/mol. The Labute approximate surface area is 120 Å². The molecule has 104 valence electrons. The van der Waals surface area contributed by atoms with Crippen LogP contribution in [0.25, 0.3) is 0 Å². The molecule has 4 rings (SSSR count). The molecule has 1 unspecified atom stereocenters. The van der Waals surface area contributed by atoms with E-state index in [4.69, 9.17) is 9.47 Å². The molecule has 2 aliphatic rings. The fourth-order valence-electron chi connectivity index (χ4n) is 2.83. The van der Waals surface area contributed by atoms with Crippen molar-refractivity contribution in [1.29, 1.82) is 5.26 Å². The highest BCUT2D eigenvalue weighted by Gasteiger charge is 2.30. The number of nitriles is 1. The monoisotopic (exact) mass is 282 g/mol. The number of fused-ring (bicyclic) bond motifs is 2. The highest BCUT2D eigenvalue weighted by atomic mass is 19.1. The number of ether oxygens (including phenoxy) is 2. The molecule has 0 saturated carbocycles. The van der Waals surface area contributed by atoms with Gasteiger partial charge in [0.2, 0.25) is 6.79 Å². The summed E-state index contributed by atoms with van der Waals surface area (Å²) >= 11 is 0. The van der Waals surface area contributed by atoms with Gasteiger partial charge in [-0.2, -0.15) is 5.26 Å². The standard InChI is InChI=1S/C16H11FN2O2/c17-11-1-3-13-10(7-18)8-19(14(13)5-11)12-2-4-15-16(6-12)21-9-20-15/h1-6,10H,8-9H2. The molecular formula is C16H11FN2O2. The van der Waals surface area contributed by atoms with Crippen LogP contribution in [0.15, 0.2) is 36.4 Å². The van der Waals surface area contributed by atoms with Gasteiger partial charge in [0, 0.05) is 24.0 Å². The summed E-state index contributed by atoms with van der Waals surface area (Å²) in [6, 6.07) is 12.4. The fourth-order valence-corrected chi connectivity index (χ4v) is 2.83. The largest absolute Gasteiger partial charge is 0.454 e. The maximum Gasteiger partial charge on any atom is 0.231 e. The van der Waals surface area contributed by atoms with Crippen molar-refractivity contribution in [3.8, 4) is 17.6 Å². The highest BCUT2D eigenvalue weighted by Crippen LogP contribution is 2.44. The summed E-state index contributed by atoms with van der Waals surface area (Å²) in [4.78, 5) is 1.94. The summed E-state index contributed by atoms with van der Waals surface area (Å²) in [7, 11) is 0. The van der Waals surface area contributed by atoms with Crippen molar-refractivity contribution in [1.82, 2.24) is 0 Å². The average Bonchev–Trinajstić information content (AvgIpc) is 3.09. The summed E-state index contributed by atoms with van der Waals surface area (Å²) < 4.78 is 24.2. The van der Waals surface area contributed by atoms with Gasteiger partial charge in [0.25, 0.3) is 0 Å². The second-order valence-corrected chi connectivity index (χ2v) is 5.03. The minimum atomic E-state index is -0.307. The van der Waals surface area contributed by atoms with E-state index in [1.807, 2.05) is 23.1 Å². The first-order valence-corrected chi connectivity index (χ1v) is 6.62. The van der Waals surface area contributed by atoms with Crippen LogP contribution in [0.5, 0.6) is 11.5 Å². The molecule has 0 fully saturated rings. The first-order chi connectivity index (χ1) is 10.3. The molecule has 0 spiro atoms. The van der Waals surface area contributed by atoms with Crippen molar-refractivity contribution in [2.24, 2.45) is 0 Å². The van der Waals surface area contributed by atoms with Crippen molar-refractivity contribution in [3.05, 3.63) is 47.8 Å². The van der Waals surface area contributed by atoms with Gasteiger partial charge in [0.05, 0.1) is 12.0 Å². The Morgan fingerprint density at radius 2 is 2.00 bits per heavy atom. The van der Waals surface area contributed by atoms with E-state index in [0.717, 1.165) is 16.9 Å². The van der Waals surface area contributed by atoms with Gasteiger partial charge in [-0.05, 0) is 29.8 Å². The molecule has 2 aliphatic heterocycles. The van der Waals surface area contributed by atoms with E-state index in [9.17, 15) is 9.65 Å². The van der Waals surface area contributed by atoms with Crippen LogP contribution in [0.3, 0.4) is 0 Å². The lowest BCUT2D eigenvalue weighted by Gasteiger charge is -2.19. The number of rotatable bonds is 1. The Bertz CT molecular complexity index is 769.